The molecule has 1 atom stereocenters. The van der Waals surface area contributed by atoms with Crippen LogP contribution in [-0.4, -0.2) is 37.4 Å². The lowest BCUT2D eigenvalue weighted by Gasteiger charge is -2.14. The average molecular weight is 348 g/mol. The van der Waals surface area contributed by atoms with Crippen LogP contribution in [-0.2, 0) is 4.65 Å². The summed E-state index contributed by atoms with van der Waals surface area (Å²) in [7, 11) is 0.871. The van der Waals surface area contributed by atoms with Gasteiger partial charge in [0.1, 0.15) is 0 Å². The van der Waals surface area contributed by atoms with Gasteiger partial charge in [-0.05, 0) is 42.6 Å². The Balaban J connectivity index is 1.97. The fourth-order valence-corrected chi connectivity index (χ4v) is 3.16. The second kappa shape index (κ2) is 7.42. The summed E-state index contributed by atoms with van der Waals surface area (Å²) < 4.78 is 16.2. The van der Waals surface area contributed by atoms with Crippen LogP contribution in [0, 0.1) is 0 Å². The van der Waals surface area contributed by atoms with Crippen molar-refractivity contribution >= 4 is 18.7 Å². The molecule has 5 nitrogen and oxygen atoms in total. The second-order valence-electron chi connectivity index (χ2n) is 5.65. The van der Waals surface area contributed by atoms with Crippen molar-refractivity contribution in [3.05, 3.63) is 41.2 Å². The number of ether oxygens (including phenoxy) is 2. The summed E-state index contributed by atoms with van der Waals surface area (Å²) >= 11 is 6.33. The Morgan fingerprint density at radius 3 is 2.83 bits per heavy atom. The maximum Gasteiger partial charge on any atom is 0.454 e. The topological polar surface area (TPSA) is 60.8 Å². The van der Waals surface area contributed by atoms with Gasteiger partial charge in [0, 0.05) is 30.5 Å². The van der Waals surface area contributed by atoms with Gasteiger partial charge in [0.2, 0.25) is 0 Å². The summed E-state index contributed by atoms with van der Waals surface area (Å²) in [5.74, 6) is 1.28. The molecule has 3 rings (SSSR count). The third-order valence-corrected chi connectivity index (χ3v) is 4.33. The number of methoxy groups -OCH3 is 1. The summed E-state index contributed by atoms with van der Waals surface area (Å²) in [6.45, 7) is 2.93. The van der Waals surface area contributed by atoms with Crippen LogP contribution in [0.4, 0.5) is 0 Å². The molecule has 2 heterocycles. The summed E-state index contributed by atoms with van der Waals surface area (Å²) in [4.78, 5) is 4.33. The van der Waals surface area contributed by atoms with E-state index in [-0.39, 0.29) is 5.92 Å². The van der Waals surface area contributed by atoms with Gasteiger partial charge in [-0.15, -0.1) is 0 Å². The van der Waals surface area contributed by atoms with E-state index < -0.39 is 7.12 Å². The Kier molecular flexibility index (Phi) is 5.28. The first-order chi connectivity index (χ1) is 11.6. The van der Waals surface area contributed by atoms with Gasteiger partial charge in [0.05, 0.1) is 18.7 Å². The van der Waals surface area contributed by atoms with Crippen molar-refractivity contribution in [3.8, 4) is 22.6 Å². The number of halogens is 1. The van der Waals surface area contributed by atoms with Gasteiger partial charge in [0.15, 0.2) is 11.5 Å². The molecule has 1 aromatic carbocycles. The van der Waals surface area contributed by atoms with Gasteiger partial charge in [-0.1, -0.05) is 11.6 Å². The van der Waals surface area contributed by atoms with Crippen molar-refractivity contribution in [1.82, 2.24) is 4.98 Å². The number of pyridine rings is 1. The van der Waals surface area contributed by atoms with Gasteiger partial charge in [0.25, 0.3) is 0 Å². The molecule has 1 fully saturated rings. The van der Waals surface area contributed by atoms with E-state index in [0.717, 1.165) is 16.7 Å². The largest absolute Gasteiger partial charge is 0.491 e. The lowest BCUT2D eigenvalue weighted by molar-refractivity contribution is 0.292. The van der Waals surface area contributed by atoms with E-state index >= 15 is 0 Å². The van der Waals surface area contributed by atoms with E-state index in [2.05, 4.69) is 4.98 Å². The number of nitrogens with zero attached hydrogens (tertiary/aromatic N) is 1. The Bertz CT molecular complexity index is 728. The highest BCUT2D eigenvalue weighted by Crippen LogP contribution is 2.40. The third kappa shape index (κ3) is 3.51. The molecule has 0 aliphatic carbocycles. The maximum atomic E-state index is 9.55. The van der Waals surface area contributed by atoms with Crippen molar-refractivity contribution in [3.63, 3.8) is 0 Å². The Labute approximate surface area is 146 Å². The lowest BCUT2D eigenvalue weighted by atomic mass is 9.80. The van der Waals surface area contributed by atoms with E-state index in [0.29, 0.717) is 36.1 Å². The molecule has 2 aromatic rings. The van der Waals surface area contributed by atoms with E-state index in [1.165, 1.54) is 0 Å². The molecule has 1 N–H and O–H groups in total. The molecule has 0 spiro atoms. The quantitative estimate of drug-likeness (QED) is 0.840. The summed E-state index contributed by atoms with van der Waals surface area (Å²) in [5.41, 5.74) is 2.87. The summed E-state index contributed by atoms with van der Waals surface area (Å²) in [5, 5.41) is 10.0. The third-order valence-electron chi connectivity index (χ3n) is 4.05. The van der Waals surface area contributed by atoms with Crippen LogP contribution in [0.1, 0.15) is 18.4 Å². The Morgan fingerprint density at radius 2 is 2.17 bits per heavy atom. The van der Waals surface area contributed by atoms with Crippen molar-refractivity contribution in [2.75, 3.05) is 20.3 Å². The predicted octanol–water partition coefficient (Wildman–Crippen LogP) is 3.40. The Hall–Kier alpha value is -1.76. The molecular weight excluding hydrogens is 328 g/mol. The van der Waals surface area contributed by atoms with Gasteiger partial charge in [-0.25, -0.2) is 0 Å². The van der Waals surface area contributed by atoms with Crippen LogP contribution in [0.25, 0.3) is 11.1 Å². The minimum absolute atomic E-state index is 0.146. The van der Waals surface area contributed by atoms with Crippen molar-refractivity contribution in [2.24, 2.45) is 0 Å². The highest BCUT2D eigenvalue weighted by Gasteiger charge is 2.30. The molecule has 7 heteroatoms. The molecule has 1 aliphatic heterocycles. The van der Waals surface area contributed by atoms with Crippen molar-refractivity contribution in [1.29, 1.82) is 0 Å². The second-order valence-corrected chi connectivity index (χ2v) is 6.06. The molecule has 1 aromatic heterocycles. The average Bonchev–Trinajstić information content (AvgIpc) is 3.01. The van der Waals surface area contributed by atoms with Crippen LogP contribution in [0.15, 0.2) is 30.6 Å². The zero-order valence-electron chi connectivity index (χ0n) is 13.7. The fraction of sp³-hybridized carbons (Fsp3) is 0.353. The maximum absolute atomic E-state index is 9.55. The van der Waals surface area contributed by atoms with Gasteiger partial charge >= 0.3 is 7.12 Å². The minimum atomic E-state index is -0.696. The highest BCUT2D eigenvalue weighted by atomic mass is 35.5. The van der Waals surface area contributed by atoms with Crippen LogP contribution in [0.5, 0.6) is 11.5 Å². The molecule has 0 amide bonds. The zero-order valence-corrected chi connectivity index (χ0v) is 14.4. The Morgan fingerprint density at radius 1 is 1.33 bits per heavy atom. The molecule has 24 heavy (non-hydrogen) atoms. The van der Waals surface area contributed by atoms with Crippen molar-refractivity contribution < 1.29 is 19.2 Å². The molecule has 1 aliphatic rings. The molecule has 0 unspecified atom stereocenters. The van der Waals surface area contributed by atoms with E-state index in [1.807, 2.05) is 31.3 Å². The summed E-state index contributed by atoms with van der Waals surface area (Å²) in [6.07, 6.45) is 4.17. The first-order valence-electron chi connectivity index (χ1n) is 7.87. The smallest absolute Gasteiger partial charge is 0.454 e. The van der Waals surface area contributed by atoms with E-state index in [9.17, 15) is 5.02 Å². The standard InChI is InChI=1S/C17H19BClNO4/c1-3-23-16-6-11(5-15(19)17(16)22-2)12-4-13(9-20-8-12)14-7-18(21)24-10-14/h4-6,8-9,14,21H,3,7,10H2,1-2H3/t14-/m0/s1. The number of hydrogen-bond acceptors (Lipinski definition) is 5. The zero-order chi connectivity index (χ0) is 17.1. The number of rotatable bonds is 5. The van der Waals surface area contributed by atoms with E-state index in [1.54, 1.807) is 13.3 Å². The molecular formula is C17H19BClNO4. The number of benzene rings is 1. The molecule has 0 saturated carbocycles. The molecule has 0 radical (unpaired) electrons. The number of hydrogen-bond donors (Lipinski definition) is 1. The molecule has 1 saturated heterocycles. The minimum Gasteiger partial charge on any atom is -0.491 e. The molecule has 0 bridgehead atoms. The first-order valence-corrected chi connectivity index (χ1v) is 8.25. The normalized spacial score (nSPS) is 17.2. The van der Waals surface area contributed by atoms with Crippen LogP contribution >= 0.6 is 11.6 Å². The lowest BCUT2D eigenvalue weighted by Crippen LogP contribution is -2.07. The highest BCUT2D eigenvalue weighted by molar-refractivity contribution is 6.43. The van der Waals surface area contributed by atoms with Gasteiger partial charge < -0.3 is 19.2 Å². The first kappa shape index (κ1) is 17.1. The van der Waals surface area contributed by atoms with E-state index in [4.69, 9.17) is 25.7 Å². The van der Waals surface area contributed by atoms with Crippen molar-refractivity contribution in [2.45, 2.75) is 19.2 Å². The van der Waals surface area contributed by atoms with Gasteiger partial charge in [-0.2, -0.15) is 0 Å². The van der Waals surface area contributed by atoms with Gasteiger partial charge in [-0.3, -0.25) is 4.98 Å². The van der Waals surface area contributed by atoms with Crippen LogP contribution < -0.4 is 9.47 Å². The molecule has 126 valence electrons. The van der Waals surface area contributed by atoms with Crippen LogP contribution in [0.2, 0.25) is 11.3 Å². The number of aromatic nitrogens is 1. The fourth-order valence-electron chi connectivity index (χ4n) is 2.87. The summed E-state index contributed by atoms with van der Waals surface area (Å²) in [6, 6.07) is 5.78. The monoisotopic (exact) mass is 347 g/mol. The van der Waals surface area contributed by atoms with Crippen LogP contribution in [0.3, 0.4) is 0 Å². The predicted molar refractivity (Wildman–Crippen MR) is 93.9 cm³/mol. The SMILES string of the molecule is CCOc1cc(-c2cncc([C@@H]3COB(O)C3)c2)cc(Cl)c1OC.